The molecule has 1 atom stereocenters. The molecule has 0 saturated carbocycles. The van der Waals surface area contributed by atoms with Gasteiger partial charge in [0.2, 0.25) is 0 Å². The van der Waals surface area contributed by atoms with Crippen LogP contribution in [0.4, 0.5) is 5.82 Å². The number of aromatic nitrogens is 1. The highest BCUT2D eigenvalue weighted by molar-refractivity contribution is 8.26. The van der Waals surface area contributed by atoms with Gasteiger partial charge in [0, 0.05) is 25.2 Å². The van der Waals surface area contributed by atoms with E-state index >= 15 is 0 Å². The number of carbonyl (C=O) groups is 1. The van der Waals surface area contributed by atoms with Gasteiger partial charge in [0.15, 0.2) is 0 Å². The third-order valence-corrected chi connectivity index (χ3v) is 8.48. The molecule has 3 heterocycles. The molecule has 1 unspecified atom stereocenters. The lowest BCUT2D eigenvalue weighted by Gasteiger charge is -2.35. The zero-order chi connectivity index (χ0) is 26.0. The maximum Gasteiger partial charge on any atom is 0.270 e. The first kappa shape index (κ1) is 26.2. The van der Waals surface area contributed by atoms with Crippen LogP contribution in [0.1, 0.15) is 68.3 Å². The highest BCUT2D eigenvalue weighted by Crippen LogP contribution is 2.40. The molecule has 1 aromatic carbocycles. The van der Waals surface area contributed by atoms with Crippen molar-refractivity contribution in [3.05, 3.63) is 67.8 Å². The maximum atomic E-state index is 13.6. The number of carbonyl (C=O) groups excluding carboxylic acids is 1. The van der Waals surface area contributed by atoms with Gasteiger partial charge in [0.1, 0.15) is 21.8 Å². The van der Waals surface area contributed by atoms with Crippen molar-refractivity contribution in [3.63, 3.8) is 0 Å². The number of nitriles is 1. The number of nitrogens with zero attached hydrogens (tertiary/aromatic N) is 4. The summed E-state index contributed by atoms with van der Waals surface area (Å²) in [6, 6.07) is 11.8. The van der Waals surface area contributed by atoms with Crippen molar-refractivity contribution in [2.24, 2.45) is 5.92 Å². The molecule has 0 spiro atoms. The smallest absolute Gasteiger partial charge is 0.270 e. The highest BCUT2D eigenvalue weighted by Gasteiger charge is 2.37. The molecule has 2 aromatic rings. The number of benzene rings is 1. The Morgan fingerprint density at radius 3 is 2.50 bits per heavy atom. The second-order valence-electron chi connectivity index (χ2n) is 9.61. The summed E-state index contributed by atoms with van der Waals surface area (Å²) in [5, 5.41) is 9.85. The minimum absolute atomic E-state index is 0.136. The number of hydrogen-bond acceptors (Lipinski definition) is 6. The van der Waals surface area contributed by atoms with Crippen LogP contribution in [0.3, 0.4) is 0 Å². The summed E-state index contributed by atoms with van der Waals surface area (Å²) in [6.07, 6.45) is 4.69. The molecule has 188 valence electrons. The van der Waals surface area contributed by atoms with Gasteiger partial charge in [-0.2, -0.15) is 5.26 Å². The van der Waals surface area contributed by atoms with Crippen LogP contribution < -0.4 is 10.5 Å². The molecular formula is C28H32N4O2S2. The van der Waals surface area contributed by atoms with E-state index in [4.69, 9.17) is 12.2 Å². The van der Waals surface area contributed by atoms with Crippen molar-refractivity contribution in [1.82, 2.24) is 9.47 Å². The summed E-state index contributed by atoms with van der Waals surface area (Å²) in [7, 11) is 0. The molecule has 4 rings (SSSR count). The Balaban J connectivity index is 1.84. The SMILES string of the molecule is CCCn1c(N2CCC(C)CC2)c(C=C2SC(=S)N(C(C)c3ccccc3)C2=O)c(C)c(C#N)c1=O. The number of hydrogen-bond donors (Lipinski definition) is 0. The van der Waals surface area contributed by atoms with Gasteiger partial charge in [-0.3, -0.25) is 19.1 Å². The molecule has 8 heteroatoms. The van der Waals surface area contributed by atoms with Gasteiger partial charge in [-0.15, -0.1) is 0 Å². The molecular weight excluding hydrogens is 488 g/mol. The van der Waals surface area contributed by atoms with E-state index in [2.05, 4.69) is 17.9 Å². The standard InChI is InChI=1S/C28H32N4O2S2/c1-5-13-31-25(30-14-11-18(2)12-15-30)22(19(3)23(17-29)26(31)33)16-24-27(34)32(28(35)36-24)20(4)21-9-7-6-8-10-21/h6-10,16,18,20H,5,11-15H2,1-4H3. The molecule has 6 nitrogen and oxygen atoms in total. The van der Waals surface area contributed by atoms with E-state index in [1.807, 2.05) is 57.2 Å². The van der Waals surface area contributed by atoms with Crippen LogP contribution in [0, 0.1) is 24.2 Å². The van der Waals surface area contributed by atoms with E-state index in [-0.39, 0.29) is 23.1 Å². The second kappa shape index (κ2) is 11.0. The van der Waals surface area contributed by atoms with Crippen molar-refractivity contribution in [2.75, 3.05) is 18.0 Å². The lowest BCUT2D eigenvalue weighted by molar-refractivity contribution is -0.123. The molecule has 1 amide bonds. The first-order valence-corrected chi connectivity index (χ1v) is 13.7. The minimum Gasteiger partial charge on any atom is -0.357 e. The predicted octanol–water partition coefficient (Wildman–Crippen LogP) is 5.64. The van der Waals surface area contributed by atoms with Crippen molar-refractivity contribution in [1.29, 1.82) is 5.26 Å². The van der Waals surface area contributed by atoms with Gasteiger partial charge in [-0.05, 0) is 56.2 Å². The third-order valence-electron chi connectivity index (χ3n) is 7.15. The Morgan fingerprint density at radius 2 is 1.89 bits per heavy atom. The van der Waals surface area contributed by atoms with Crippen LogP contribution in [-0.4, -0.2) is 32.8 Å². The summed E-state index contributed by atoms with van der Waals surface area (Å²) < 4.78 is 2.25. The Bertz CT molecular complexity index is 1300. The third kappa shape index (κ3) is 4.87. The Hall–Kier alpha value is -2.89. The average Bonchev–Trinajstić information content (AvgIpc) is 3.15. The number of thioether (sulfide) groups is 1. The lowest BCUT2D eigenvalue weighted by atomic mass is 9.97. The normalized spacial score (nSPS) is 18.7. The molecule has 0 N–H and O–H groups in total. The topological polar surface area (TPSA) is 69.3 Å². The lowest BCUT2D eigenvalue weighted by Crippen LogP contribution is -2.39. The molecule has 0 radical (unpaired) electrons. The number of pyridine rings is 1. The van der Waals surface area contributed by atoms with Gasteiger partial charge in [0.25, 0.3) is 11.5 Å². The molecule has 0 aliphatic carbocycles. The minimum atomic E-state index is -0.257. The first-order chi connectivity index (χ1) is 17.3. The number of amides is 1. The molecule has 2 fully saturated rings. The van der Waals surface area contributed by atoms with Crippen LogP contribution >= 0.6 is 24.0 Å². The molecule has 1 aromatic heterocycles. The maximum absolute atomic E-state index is 13.6. The van der Waals surface area contributed by atoms with E-state index in [1.54, 1.807) is 9.47 Å². The zero-order valence-electron chi connectivity index (χ0n) is 21.3. The fraction of sp³-hybridized carbons (Fsp3) is 0.429. The van der Waals surface area contributed by atoms with Gasteiger partial charge in [-0.1, -0.05) is 68.2 Å². The summed E-state index contributed by atoms with van der Waals surface area (Å²) in [5.41, 5.74) is 2.27. The van der Waals surface area contributed by atoms with E-state index in [9.17, 15) is 14.9 Å². The quantitative estimate of drug-likeness (QED) is 0.363. The Kier molecular flexibility index (Phi) is 8.01. The monoisotopic (exact) mass is 520 g/mol. The Morgan fingerprint density at radius 1 is 1.22 bits per heavy atom. The number of thiocarbonyl (C=S) groups is 1. The zero-order valence-corrected chi connectivity index (χ0v) is 22.9. The summed E-state index contributed by atoms with van der Waals surface area (Å²) in [4.78, 5) is 31.4. The van der Waals surface area contributed by atoms with Gasteiger partial charge < -0.3 is 4.90 Å². The van der Waals surface area contributed by atoms with E-state index in [0.717, 1.165) is 49.3 Å². The number of rotatable bonds is 6. The summed E-state index contributed by atoms with van der Waals surface area (Å²) in [6.45, 7) is 10.2. The van der Waals surface area contributed by atoms with Crippen LogP contribution in [0.25, 0.3) is 6.08 Å². The Labute approximate surface area is 222 Å². The van der Waals surface area contributed by atoms with Gasteiger partial charge in [-0.25, -0.2) is 0 Å². The van der Waals surface area contributed by atoms with Crippen LogP contribution in [0.15, 0.2) is 40.0 Å². The van der Waals surface area contributed by atoms with Crippen LogP contribution in [-0.2, 0) is 11.3 Å². The second-order valence-corrected chi connectivity index (χ2v) is 11.3. The predicted molar refractivity (Wildman–Crippen MR) is 151 cm³/mol. The van der Waals surface area contributed by atoms with Crippen molar-refractivity contribution < 1.29 is 4.79 Å². The van der Waals surface area contributed by atoms with E-state index in [1.165, 1.54) is 11.8 Å². The van der Waals surface area contributed by atoms with Crippen LogP contribution in [0.2, 0.25) is 0 Å². The van der Waals surface area contributed by atoms with Crippen molar-refractivity contribution in [2.45, 2.75) is 59.5 Å². The molecule has 36 heavy (non-hydrogen) atoms. The van der Waals surface area contributed by atoms with Crippen molar-refractivity contribution >= 4 is 46.1 Å². The largest absolute Gasteiger partial charge is 0.357 e. The fourth-order valence-electron chi connectivity index (χ4n) is 4.96. The molecule has 0 bridgehead atoms. The molecule has 2 aliphatic heterocycles. The first-order valence-electron chi connectivity index (χ1n) is 12.5. The van der Waals surface area contributed by atoms with E-state index in [0.29, 0.717) is 27.3 Å². The van der Waals surface area contributed by atoms with Gasteiger partial charge >= 0.3 is 0 Å². The van der Waals surface area contributed by atoms with Crippen molar-refractivity contribution in [3.8, 4) is 6.07 Å². The number of anilines is 1. The summed E-state index contributed by atoms with van der Waals surface area (Å²) >= 11 is 6.92. The highest BCUT2D eigenvalue weighted by atomic mass is 32.2. The summed E-state index contributed by atoms with van der Waals surface area (Å²) in [5.74, 6) is 1.29. The van der Waals surface area contributed by atoms with Gasteiger partial charge in [0.05, 0.1) is 10.9 Å². The van der Waals surface area contributed by atoms with E-state index < -0.39 is 0 Å². The fourth-order valence-corrected chi connectivity index (χ4v) is 6.36. The molecule has 2 aliphatic rings. The molecule has 2 saturated heterocycles. The average molecular weight is 521 g/mol. The van der Waals surface area contributed by atoms with Crippen LogP contribution in [0.5, 0.6) is 0 Å². The number of piperidine rings is 1.